The number of benzene rings is 2. The molecule has 2 aromatic carbocycles. The third-order valence-electron chi connectivity index (χ3n) is 4.94. The van der Waals surface area contributed by atoms with Crippen molar-refractivity contribution in [3.05, 3.63) is 48.0 Å². The molecule has 2 heterocycles. The zero-order valence-electron chi connectivity index (χ0n) is 17.8. The monoisotopic (exact) mass is 454 g/mol. The molecule has 1 atom stereocenters. The van der Waals surface area contributed by atoms with Gasteiger partial charge < -0.3 is 15.4 Å². The summed E-state index contributed by atoms with van der Waals surface area (Å²) >= 11 is 2.84. The van der Waals surface area contributed by atoms with Gasteiger partial charge in [0.2, 0.25) is 5.12 Å². The van der Waals surface area contributed by atoms with Crippen LogP contribution in [0.2, 0.25) is 0 Å². The van der Waals surface area contributed by atoms with E-state index in [0.29, 0.717) is 11.1 Å². The van der Waals surface area contributed by atoms with Crippen LogP contribution in [0.5, 0.6) is 5.75 Å². The first-order valence-electron chi connectivity index (χ1n) is 10.3. The second-order valence-corrected chi connectivity index (χ2v) is 9.88. The SMILES string of the molecule is COc1ccc2nc(NCCc3ccc(/N=C4/N[C@@H](CC(C)C)C(=O)S4)cc3)sc2c1. The fourth-order valence-corrected chi connectivity index (χ4v) is 5.12. The van der Waals surface area contributed by atoms with E-state index in [1.54, 1.807) is 18.4 Å². The van der Waals surface area contributed by atoms with E-state index in [1.807, 2.05) is 30.3 Å². The molecule has 1 aromatic heterocycles. The van der Waals surface area contributed by atoms with Gasteiger partial charge >= 0.3 is 0 Å². The molecule has 0 amide bonds. The first-order valence-corrected chi connectivity index (χ1v) is 12.0. The molecule has 0 bridgehead atoms. The van der Waals surface area contributed by atoms with Crippen molar-refractivity contribution in [3.63, 3.8) is 0 Å². The molecule has 0 unspecified atom stereocenters. The summed E-state index contributed by atoms with van der Waals surface area (Å²) in [7, 11) is 1.67. The van der Waals surface area contributed by atoms with Crippen LogP contribution in [0.3, 0.4) is 0 Å². The number of carbonyl (C=O) groups is 1. The number of amidine groups is 1. The molecule has 0 spiro atoms. The Balaban J connectivity index is 1.30. The Morgan fingerprint density at radius 3 is 2.77 bits per heavy atom. The third kappa shape index (κ3) is 5.57. The Labute approximate surface area is 190 Å². The number of nitrogens with one attached hydrogen (secondary N) is 2. The number of hydrogen-bond acceptors (Lipinski definition) is 7. The van der Waals surface area contributed by atoms with E-state index >= 15 is 0 Å². The number of thiazole rings is 1. The van der Waals surface area contributed by atoms with Gasteiger partial charge in [-0.25, -0.2) is 9.98 Å². The lowest BCUT2D eigenvalue weighted by Gasteiger charge is -2.10. The first kappa shape index (κ1) is 21.6. The molecular weight excluding hydrogens is 428 g/mol. The Morgan fingerprint density at radius 2 is 2.03 bits per heavy atom. The molecule has 3 aromatic rings. The van der Waals surface area contributed by atoms with Crippen LogP contribution in [-0.4, -0.2) is 35.0 Å². The lowest BCUT2D eigenvalue weighted by Crippen LogP contribution is -2.30. The van der Waals surface area contributed by atoms with Crippen LogP contribution >= 0.6 is 23.1 Å². The van der Waals surface area contributed by atoms with Crippen LogP contribution < -0.4 is 15.4 Å². The first-order chi connectivity index (χ1) is 15.0. The predicted octanol–water partition coefficient (Wildman–Crippen LogP) is 5.22. The van der Waals surface area contributed by atoms with E-state index in [2.05, 4.69) is 46.6 Å². The summed E-state index contributed by atoms with van der Waals surface area (Å²) in [5.74, 6) is 1.32. The minimum Gasteiger partial charge on any atom is -0.497 e. The number of thioether (sulfide) groups is 1. The molecule has 8 heteroatoms. The Hall–Kier alpha value is -2.58. The van der Waals surface area contributed by atoms with E-state index in [0.717, 1.165) is 46.2 Å². The fraction of sp³-hybridized carbons (Fsp3) is 0.348. The molecule has 1 aliphatic heterocycles. The van der Waals surface area contributed by atoms with Gasteiger partial charge in [-0.1, -0.05) is 37.3 Å². The van der Waals surface area contributed by atoms with Crippen molar-refractivity contribution >= 4 is 54.4 Å². The van der Waals surface area contributed by atoms with Crippen LogP contribution in [0.4, 0.5) is 10.8 Å². The summed E-state index contributed by atoms with van der Waals surface area (Å²) < 4.78 is 6.38. The molecular formula is C23H26N4O2S2. The van der Waals surface area contributed by atoms with E-state index < -0.39 is 0 Å². The second-order valence-electron chi connectivity index (χ2n) is 7.86. The zero-order chi connectivity index (χ0) is 21.8. The van der Waals surface area contributed by atoms with E-state index in [-0.39, 0.29) is 11.2 Å². The van der Waals surface area contributed by atoms with Gasteiger partial charge in [0.15, 0.2) is 10.3 Å². The van der Waals surface area contributed by atoms with Crippen molar-refractivity contribution < 1.29 is 9.53 Å². The lowest BCUT2D eigenvalue weighted by molar-refractivity contribution is -0.112. The van der Waals surface area contributed by atoms with Crippen molar-refractivity contribution in [1.29, 1.82) is 0 Å². The Morgan fingerprint density at radius 1 is 1.23 bits per heavy atom. The van der Waals surface area contributed by atoms with Gasteiger partial charge in [0.25, 0.3) is 0 Å². The van der Waals surface area contributed by atoms with Gasteiger partial charge in [0.05, 0.1) is 29.1 Å². The highest BCUT2D eigenvalue weighted by atomic mass is 32.2. The van der Waals surface area contributed by atoms with Crippen LogP contribution in [0.15, 0.2) is 47.5 Å². The number of nitrogens with zero attached hydrogens (tertiary/aromatic N) is 2. The van der Waals surface area contributed by atoms with E-state index in [4.69, 9.17) is 4.74 Å². The second kappa shape index (κ2) is 9.70. The number of methoxy groups -OCH3 is 1. The summed E-state index contributed by atoms with van der Waals surface area (Å²) in [5, 5.41) is 8.41. The summed E-state index contributed by atoms with van der Waals surface area (Å²) in [5.41, 5.74) is 3.05. The van der Waals surface area contributed by atoms with Crippen LogP contribution in [0.1, 0.15) is 25.8 Å². The molecule has 1 fully saturated rings. The molecule has 31 heavy (non-hydrogen) atoms. The molecule has 2 N–H and O–H groups in total. The summed E-state index contributed by atoms with van der Waals surface area (Å²) in [6.45, 7) is 5.04. The molecule has 1 aliphatic rings. The Kier molecular flexibility index (Phi) is 6.77. The molecule has 0 saturated carbocycles. The van der Waals surface area contributed by atoms with Gasteiger partial charge in [-0.3, -0.25) is 4.79 Å². The maximum atomic E-state index is 12.1. The normalized spacial score (nSPS) is 17.5. The van der Waals surface area contributed by atoms with E-state index in [9.17, 15) is 4.79 Å². The highest BCUT2D eigenvalue weighted by Crippen LogP contribution is 2.29. The number of aliphatic imine (C=N–C) groups is 1. The van der Waals surface area contributed by atoms with Crippen molar-refractivity contribution in [2.75, 3.05) is 19.0 Å². The van der Waals surface area contributed by atoms with Crippen molar-refractivity contribution in [2.45, 2.75) is 32.7 Å². The van der Waals surface area contributed by atoms with Crippen LogP contribution in [-0.2, 0) is 11.2 Å². The number of anilines is 1. The number of hydrogen-bond donors (Lipinski definition) is 2. The molecule has 1 saturated heterocycles. The number of rotatable bonds is 8. The number of carbonyl (C=O) groups excluding carboxylic acids is 1. The highest BCUT2D eigenvalue weighted by Gasteiger charge is 2.30. The van der Waals surface area contributed by atoms with Gasteiger partial charge in [-0.05, 0) is 66.4 Å². The highest BCUT2D eigenvalue weighted by molar-refractivity contribution is 8.27. The lowest BCUT2D eigenvalue weighted by atomic mass is 10.1. The average molecular weight is 455 g/mol. The topological polar surface area (TPSA) is 75.6 Å². The van der Waals surface area contributed by atoms with Crippen molar-refractivity contribution in [2.24, 2.45) is 10.9 Å². The van der Waals surface area contributed by atoms with Crippen molar-refractivity contribution in [3.8, 4) is 5.75 Å². The zero-order valence-corrected chi connectivity index (χ0v) is 19.5. The van der Waals surface area contributed by atoms with Gasteiger partial charge in [-0.2, -0.15) is 0 Å². The van der Waals surface area contributed by atoms with Gasteiger partial charge in [-0.15, -0.1) is 0 Å². The van der Waals surface area contributed by atoms with Crippen LogP contribution in [0, 0.1) is 5.92 Å². The summed E-state index contributed by atoms with van der Waals surface area (Å²) in [4.78, 5) is 21.3. The average Bonchev–Trinajstić information content (AvgIpc) is 3.30. The molecule has 6 nitrogen and oxygen atoms in total. The van der Waals surface area contributed by atoms with Crippen molar-refractivity contribution in [1.82, 2.24) is 10.3 Å². The molecule has 0 radical (unpaired) electrons. The fourth-order valence-electron chi connectivity index (χ4n) is 3.36. The van der Waals surface area contributed by atoms with Crippen LogP contribution in [0.25, 0.3) is 10.2 Å². The van der Waals surface area contributed by atoms with Gasteiger partial charge in [0.1, 0.15) is 5.75 Å². The largest absolute Gasteiger partial charge is 0.497 e. The molecule has 4 rings (SSSR count). The smallest absolute Gasteiger partial charge is 0.218 e. The standard InChI is InChI=1S/C23H26N4O2S2/c1-14(2)12-19-21(28)31-23(27-19)25-16-6-4-15(5-7-16)10-11-24-22-26-18-9-8-17(29-3)13-20(18)30-22/h4-9,13-14,19H,10-12H2,1-3H3,(H,24,26)(H,25,27)/t19-/m0/s1. The van der Waals surface area contributed by atoms with Gasteiger partial charge in [0, 0.05) is 6.54 Å². The van der Waals surface area contributed by atoms with E-state index in [1.165, 1.54) is 17.3 Å². The third-order valence-corrected chi connectivity index (χ3v) is 6.80. The minimum atomic E-state index is -0.127. The Bertz CT molecular complexity index is 1090. The number of aromatic nitrogens is 1. The maximum absolute atomic E-state index is 12.1. The quantitative estimate of drug-likeness (QED) is 0.486. The summed E-state index contributed by atoms with van der Waals surface area (Å²) in [6, 6.07) is 13.9. The number of fused-ring (bicyclic) bond motifs is 1. The summed E-state index contributed by atoms with van der Waals surface area (Å²) in [6.07, 6.45) is 1.72. The number of ether oxygens (including phenoxy) is 1. The molecule has 162 valence electrons. The predicted molar refractivity (Wildman–Crippen MR) is 131 cm³/mol. The minimum absolute atomic E-state index is 0.127. The molecule has 0 aliphatic carbocycles. The maximum Gasteiger partial charge on any atom is 0.218 e.